The first-order valence-corrected chi connectivity index (χ1v) is 8.30. The maximum absolute atomic E-state index is 5.21. The van der Waals surface area contributed by atoms with Crippen LogP contribution < -0.4 is 14.8 Å². The van der Waals surface area contributed by atoms with E-state index >= 15 is 0 Å². The highest BCUT2D eigenvalue weighted by atomic mass is 16.5. The second kappa shape index (κ2) is 8.35. The highest BCUT2D eigenvalue weighted by Crippen LogP contribution is 2.23. The van der Waals surface area contributed by atoms with E-state index in [1.165, 1.54) is 5.56 Å². The zero-order chi connectivity index (χ0) is 17.5. The van der Waals surface area contributed by atoms with Crippen molar-refractivity contribution in [1.82, 2.24) is 15.5 Å². The van der Waals surface area contributed by atoms with Crippen molar-refractivity contribution in [3.8, 4) is 22.8 Å². The molecule has 0 bridgehead atoms. The highest BCUT2D eigenvalue weighted by Gasteiger charge is 2.07. The summed E-state index contributed by atoms with van der Waals surface area (Å²) in [5, 5.41) is 10.8. The summed E-state index contributed by atoms with van der Waals surface area (Å²) in [6.07, 6.45) is 2.85. The lowest BCUT2D eigenvalue weighted by atomic mass is 10.1. The van der Waals surface area contributed by atoms with E-state index in [9.17, 15) is 0 Å². The molecule has 3 aromatic rings. The first-order valence-electron chi connectivity index (χ1n) is 8.30. The van der Waals surface area contributed by atoms with Gasteiger partial charge in [0, 0.05) is 17.7 Å². The van der Waals surface area contributed by atoms with E-state index in [4.69, 9.17) is 9.47 Å². The number of aromatic nitrogens is 2. The summed E-state index contributed by atoms with van der Waals surface area (Å²) in [6, 6.07) is 16.2. The summed E-state index contributed by atoms with van der Waals surface area (Å²) < 4.78 is 10.4. The Morgan fingerprint density at radius 3 is 2.20 bits per heavy atom. The van der Waals surface area contributed by atoms with Crippen molar-refractivity contribution in [2.45, 2.75) is 13.0 Å². The van der Waals surface area contributed by atoms with Crippen LogP contribution in [0, 0.1) is 0 Å². The fourth-order valence-electron chi connectivity index (χ4n) is 2.70. The largest absolute Gasteiger partial charge is 0.497 e. The van der Waals surface area contributed by atoms with Crippen LogP contribution in [-0.4, -0.2) is 31.0 Å². The van der Waals surface area contributed by atoms with Crippen molar-refractivity contribution in [2.24, 2.45) is 0 Å². The highest BCUT2D eigenvalue weighted by molar-refractivity contribution is 5.63. The van der Waals surface area contributed by atoms with Crippen LogP contribution in [0.4, 0.5) is 0 Å². The van der Waals surface area contributed by atoms with E-state index in [0.29, 0.717) is 0 Å². The molecule has 2 N–H and O–H groups in total. The third-order valence-electron chi connectivity index (χ3n) is 4.16. The molecule has 0 aliphatic carbocycles. The third kappa shape index (κ3) is 4.39. The van der Waals surface area contributed by atoms with Crippen molar-refractivity contribution in [3.63, 3.8) is 0 Å². The van der Waals surface area contributed by atoms with Gasteiger partial charge in [0.2, 0.25) is 0 Å². The van der Waals surface area contributed by atoms with Crippen LogP contribution in [0.3, 0.4) is 0 Å². The van der Waals surface area contributed by atoms with Gasteiger partial charge in [-0.25, -0.2) is 0 Å². The van der Waals surface area contributed by atoms with Gasteiger partial charge in [0.05, 0.1) is 26.1 Å². The van der Waals surface area contributed by atoms with Gasteiger partial charge in [-0.2, -0.15) is 5.10 Å². The minimum Gasteiger partial charge on any atom is -0.497 e. The van der Waals surface area contributed by atoms with Crippen LogP contribution in [0.15, 0.2) is 54.7 Å². The average molecular weight is 337 g/mol. The maximum atomic E-state index is 5.21. The molecule has 0 aliphatic rings. The molecule has 2 aromatic carbocycles. The zero-order valence-electron chi connectivity index (χ0n) is 14.6. The molecule has 1 aromatic heterocycles. The molecule has 0 spiro atoms. The topological polar surface area (TPSA) is 59.2 Å². The quantitative estimate of drug-likeness (QED) is 0.618. The number of nitrogens with zero attached hydrogens (tertiary/aromatic N) is 1. The number of H-pyrrole nitrogens is 1. The van der Waals surface area contributed by atoms with Gasteiger partial charge in [0.1, 0.15) is 11.5 Å². The Morgan fingerprint density at radius 1 is 0.920 bits per heavy atom. The summed E-state index contributed by atoms with van der Waals surface area (Å²) in [4.78, 5) is 0. The molecule has 3 rings (SSSR count). The minimum atomic E-state index is 0.772. The fraction of sp³-hybridized carbons (Fsp3) is 0.250. The number of nitrogens with one attached hydrogen (secondary N) is 2. The summed E-state index contributed by atoms with van der Waals surface area (Å²) in [5.74, 6) is 1.74. The van der Waals surface area contributed by atoms with Gasteiger partial charge in [-0.3, -0.25) is 5.10 Å². The van der Waals surface area contributed by atoms with Gasteiger partial charge in [0.15, 0.2) is 0 Å². The molecule has 25 heavy (non-hydrogen) atoms. The lowest BCUT2D eigenvalue weighted by Gasteiger charge is -2.07. The monoisotopic (exact) mass is 337 g/mol. The number of methoxy groups -OCH3 is 2. The van der Waals surface area contributed by atoms with Crippen LogP contribution in [0.2, 0.25) is 0 Å². The second-order valence-corrected chi connectivity index (χ2v) is 5.77. The second-order valence-electron chi connectivity index (χ2n) is 5.77. The molecule has 130 valence electrons. The van der Waals surface area contributed by atoms with Gasteiger partial charge >= 0.3 is 0 Å². The molecule has 1 heterocycles. The van der Waals surface area contributed by atoms with Gasteiger partial charge < -0.3 is 14.8 Å². The Balaban J connectivity index is 1.54. The Labute approximate surface area is 148 Å². The van der Waals surface area contributed by atoms with Crippen molar-refractivity contribution < 1.29 is 9.47 Å². The van der Waals surface area contributed by atoms with Gasteiger partial charge in [-0.1, -0.05) is 12.1 Å². The van der Waals surface area contributed by atoms with Gasteiger partial charge in [-0.15, -0.1) is 0 Å². The molecule has 0 saturated heterocycles. The number of hydrogen-bond acceptors (Lipinski definition) is 4. The van der Waals surface area contributed by atoms with E-state index < -0.39 is 0 Å². The number of rotatable bonds is 8. The lowest BCUT2D eigenvalue weighted by molar-refractivity contribution is 0.414. The lowest BCUT2D eigenvalue weighted by Crippen LogP contribution is -2.16. The average Bonchev–Trinajstić information content (AvgIpc) is 3.14. The molecule has 0 saturated carbocycles. The molecular weight excluding hydrogens is 314 g/mol. The van der Waals surface area contributed by atoms with E-state index in [1.54, 1.807) is 14.2 Å². The Morgan fingerprint density at radius 2 is 1.56 bits per heavy atom. The van der Waals surface area contributed by atoms with Crippen molar-refractivity contribution in [1.29, 1.82) is 0 Å². The predicted octanol–water partition coefficient (Wildman–Crippen LogP) is 3.43. The van der Waals surface area contributed by atoms with Crippen LogP contribution >= 0.6 is 0 Å². The Kier molecular flexibility index (Phi) is 5.69. The van der Waals surface area contributed by atoms with Gasteiger partial charge in [-0.05, 0) is 54.9 Å². The molecule has 5 nitrogen and oxygen atoms in total. The summed E-state index contributed by atoms with van der Waals surface area (Å²) >= 11 is 0. The molecule has 0 aliphatic heterocycles. The van der Waals surface area contributed by atoms with E-state index in [0.717, 1.165) is 47.8 Å². The fourth-order valence-corrected chi connectivity index (χ4v) is 2.70. The number of hydrogen-bond donors (Lipinski definition) is 2. The number of benzene rings is 2. The first-order chi connectivity index (χ1) is 12.3. The Hall–Kier alpha value is -2.79. The van der Waals surface area contributed by atoms with Crippen molar-refractivity contribution in [3.05, 3.63) is 65.9 Å². The van der Waals surface area contributed by atoms with E-state index in [2.05, 4.69) is 27.6 Å². The van der Waals surface area contributed by atoms with E-state index in [-0.39, 0.29) is 0 Å². The third-order valence-corrected chi connectivity index (χ3v) is 4.16. The van der Waals surface area contributed by atoms with Crippen LogP contribution in [0.1, 0.15) is 11.1 Å². The Bertz CT molecular complexity index is 779. The number of aromatic amines is 1. The van der Waals surface area contributed by atoms with Gasteiger partial charge in [0.25, 0.3) is 0 Å². The van der Waals surface area contributed by atoms with Crippen LogP contribution in [0.25, 0.3) is 11.3 Å². The summed E-state index contributed by atoms with van der Waals surface area (Å²) in [5.41, 5.74) is 4.58. The van der Waals surface area contributed by atoms with Crippen LogP contribution in [-0.2, 0) is 13.0 Å². The maximum Gasteiger partial charge on any atom is 0.118 e. The SMILES string of the molecule is COc1ccc(CCNCc2cn[nH]c2-c2ccc(OC)cc2)cc1. The van der Waals surface area contributed by atoms with E-state index in [1.807, 2.05) is 42.6 Å². The smallest absolute Gasteiger partial charge is 0.118 e. The molecule has 0 radical (unpaired) electrons. The molecule has 0 atom stereocenters. The summed E-state index contributed by atoms with van der Waals surface area (Å²) in [7, 11) is 3.35. The number of ether oxygens (including phenoxy) is 2. The minimum absolute atomic E-state index is 0.772. The molecule has 5 heteroatoms. The normalized spacial score (nSPS) is 10.6. The zero-order valence-corrected chi connectivity index (χ0v) is 14.6. The van der Waals surface area contributed by atoms with Crippen molar-refractivity contribution in [2.75, 3.05) is 20.8 Å². The standard InChI is InChI=1S/C20H23N3O2/c1-24-18-7-3-15(4-8-18)11-12-21-13-17-14-22-23-20(17)16-5-9-19(25-2)10-6-16/h3-10,14,21H,11-13H2,1-2H3,(H,22,23). The summed E-state index contributed by atoms with van der Waals surface area (Å²) in [6.45, 7) is 1.67. The molecule has 0 fully saturated rings. The molecule has 0 amide bonds. The first kappa shape index (κ1) is 17.0. The molecular formula is C20H23N3O2. The predicted molar refractivity (Wildman–Crippen MR) is 99.0 cm³/mol. The molecule has 0 unspecified atom stereocenters. The van der Waals surface area contributed by atoms with Crippen LogP contribution in [0.5, 0.6) is 11.5 Å². The van der Waals surface area contributed by atoms with Crippen molar-refractivity contribution >= 4 is 0 Å².